The Hall–Kier alpha value is -1.12. The maximum Gasteiger partial charge on any atom is 0.191 e. The van der Waals surface area contributed by atoms with Crippen molar-refractivity contribution in [3.05, 3.63) is 29.1 Å². The lowest BCUT2D eigenvalue weighted by atomic mass is 9.88. The van der Waals surface area contributed by atoms with Crippen LogP contribution in [0.3, 0.4) is 0 Å². The molecular formula is C15H23BFNOSi. The van der Waals surface area contributed by atoms with Crippen molar-refractivity contribution < 1.29 is 8.82 Å². The van der Waals surface area contributed by atoms with Gasteiger partial charge in [0.2, 0.25) is 0 Å². The largest absolute Gasteiger partial charge is 0.416 e. The molecule has 20 heavy (non-hydrogen) atoms. The van der Waals surface area contributed by atoms with Crippen LogP contribution in [0.25, 0.3) is 0 Å². The molecule has 0 heterocycles. The molecule has 0 spiro atoms. The van der Waals surface area contributed by atoms with Gasteiger partial charge >= 0.3 is 0 Å². The molecule has 108 valence electrons. The molecule has 0 saturated heterocycles. The van der Waals surface area contributed by atoms with Crippen LogP contribution < -0.4 is 5.46 Å². The Balaban J connectivity index is 2.74. The first-order valence-corrected chi connectivity index (χ1v) is 9.83. The van der Waals surface area contributed by atoms with E-state index >= 15 is 0 Å². The van der Waals surface area contributed by atoms with Crippen molar-refractivity contribution in [2.24, 2.45) is 0 Å². The van der Waals surface area contributed by atoms with Gasteiger partial charge in [0.15, 0.2) is 8.32 Å². The fraction of sp³-hybridized carbons (Fsp3) is 0.533. The van der Waals surface area contributed by atoms with Gasteiger partial charge in [0.1, 0.15) is 13.7 Å². The van der Waals surface area contributed by atoms with E-state index < -0.39 is 8.32 Å². The summed E-state index contributed by atoms with van der Waals surface area (Å²) < 4.78 is 20.2. The van der Waals surface area contributed by atoms with Crippen LogP contribution in [0, 0.1) is 17.1 Å². The lowest BCUT2D eigenvalue weighted by Crippen LogP contribution is -2.41. The Morgan fingerprint density at radius 1 is 1.35 bits per heavy atom. The molecule has 0 aliphatic heterocycles. The van der Waals surface area contributed by atoms with Gasteiger partial charge in [0.25, 0.3) is 0 Å². The average Bonchev–Trinajstić information content (AvgIpc) is 2.33. The van der Waals surface area contributed by atoms with Crippen LogP contribution in [0.15, 0.2) is 12.1 Å². The number of nitrogens with zero attached hydrogens (tertiary/aromatic N) is 1. The number of rotatable bonds is 4. The third-order valence-corrected chi connectivity index (χ3v) is 8.77. The maximum absolute atomic E-state index is 14.1. The zero-order valence-corrected chi connectivity index (χ0v) is 14.3. The molecule has 0 atom stereocenters. The van der Waals surface area contributed by atoms with Gasteiger partial charge in [0, 0.05) is 12.2 Å². The van der Waals surface area contributed by atoms with Crippen molar-refractivity contribution in [1.29, 1.82) is 5.26 Å². The maximum atomic E-state index is 14.1. The second-order valence-electron chi connectivity index (χ2n) is 6.68. The third-order valence-electron chi connectivity index (χ3n) is 4.23. The molecular weight excluding hydrogens is 268 g/mol. The van der Waals surface area contributed by atoms with E-state index in [1.54, 1.807) is 20.0 Å². The van der Waals surface area contributed by atoms with Crippen LogP contribution in [0.1, 0.15) is 31.9 Å². The van der Waals surface area contributed by atoms with E-state index in [2.05, 4.69) is 33.9 Å². The van der Waals surface area contributed by atoms with Crippen LogP contribution in [-0.2, 0) is 10.8 Å². The first-order valence-electron chi connectivity index (χ1n) is 6.92. The number of nitriles is 1. The van der Waals surface area contributed by atoms with E-state index in [-0.39, 0.29) is 10.9 Å². The van der Waals surface area contributed by atoms with Crippen LogP contribution in [-0.4, -0.2) is 22.8 Å². The van der Waals surface area contributed by atoms with Crippen LogP contribution >= 0.6 is 0 Å². The summed E-state index contributed by atoms with van der Waals surface area (Å²) in [5.74, 6) is -0.275. The molecule has 2 nitrogen and oxygen atoms in total. The van der Waals surface area contributed by atoms with Gasteiger partial charge in [-0.25, -0.2) is 4.39 Å². The quantitative estimate of drug-likeness (QED) is 0.799. The highest BCUT2D eigenvalue weighted by Gasteiger charge is 2.36. The standard InChI is InChI=1S/C15H23BFNOSi/c1-15(2,3)20(4,5)19-9-8-11-6-7-12(10-18)13(16)14(11)17/h6-7H,8-9,16H2,1-5H3. The van der Waals surface area contributed by atoms with Crippen molar-refractivity contribution in [1.82, 2.24) is 0 Å². The first-order chi connectivity index (χ1) is 9.10. The molecule has 0 unspecified atom stereocenters. The zero-order valence-electron chi connectivity index (χ0n) is 13.3. The molecule has 1 aromatic carbocycles. The van der Waals surface area contributed by atoms with Gasteiger partial charge in [-0.3, -0.25) is 0 Å². The second kappa shape index (κ2) is 6.11. The minimum atomic E-state index is -1.78. The van der Waals surface area contributed by atoms with Gasteiger partial charge in [0.05, 0.1) is 6.07 Å². The van der Waals surface area contributed by atoms with E-state index in [1.165, 1.54) is 0 Å². The summed E-state index contributed by atoms with van der Waals surface area (Å²) in [5.41, 5.74) is 1.45. The molecule has 1 rings (SSSR count). The predicted molar refractivity (Wildman–Crippen MR) is 86.1 cm³/mol. The molecule has 0 saturated carbocycles. The Labute approximate surface area is 123 Å². The summed E-state index contributed by atoms with van der Waals surface area (Å²) in [4.78, 5) is 0. The van der Waals surface area contributed by atoms with Crippen molar-refractivity contribution >= 4 is 21.6 Å². The predicted octanol–water partition coefficient (Wildman–Crippen LogP) is 2.52. The van der Waals surface area contributed by atoms with E-state index in [0.29, 0.717) is 29.6 Å². The summed E-state index contributed by atoms with van der Waals surface area (Å²) in [5, 5.41) is 9.03. The topological polar surface area (TPSA) is 33.0 Å². The minimum Gasteiger partial charge on any atom is -0.416 e. The molecule has 0 aromatic heterocycles. The highest BCUT2D eigenvalue weighted by Crippen LogP contribution is 2.36. The molecule has 5 heteroatoms. The van der Waals surface area contributed by atoms with Crippen molar-refractivity contribution in [3.8, 4) is 6.07 Å². The first kappa shape index (κ1) is 16.9. The Morgan fingerprint density at radius 2 is 1.95 bits per heavy atom. The highest BCUT2D eigenvalue weighted by atomic mass is 28.4. The van der Waals surface area contributed by atoms with Crippen molar-refractivity contribution in [3.63, 3.8) is 0 Å². The summed E-state index contributed by atoms with van der Waals surface area (Å²) in [6.07, 6.45) is 0.547. The van der Waals surface area contributed by atoms with E-state index in [1.807, 2.05) is 6.07 Å². The van der Waals surface area contributed by atoms with Crippen molar-refractivity contribution in [2.45, 2.75) is 45.3 Å². The molecule has 0 aliphatic carbocycles. The Morgan fingerprint density at radius 3 is 2.45 bits per heavy atom. The normalized spacial score (nSPS) is 12.2. The summed E-state index contributed by atoms with van der Waals surface area (Å²) in [6.45, 7) is 11.5. The van der Waals surface area contributed by atoms with Crippen molar-refractivity contribution in [2.75, 3.05) is 6.61 Å². The van der Waals surface area contributed by atoms with Crippen LogP contribution in [0.2, 0.25) is 18.1 Å². The number of hydrogen-bond donors (Lipinski definition) is 0. The SMILES string of the molecule is Bc1c(C#N)ccc(CCO[Si](C)(C)C(C)(C)C)c1F. The lowest BCUT2D eigenvalue weighted by Gasteiger charge is -2.36. The molecule has 0 bridgehead atoms. The van der Waals surface area contributed by atoms with E-state index in [0.717, 1.165) is 0 Å². The highest BCUT2D eigenvalue weighted by molar-refractivity contribution is 6.74. The van der Waals surface area contributed by atoms with Gasteiger partial charge in [-0.15, -0.1) is 0 Å². The zero-order chi connectivity index (χ0) is 15.6. The van der Waals surface area contributed by atoms with Crippen LogP contribution in [0.4, 0.5) is 4.39 Å². The monoisotopic (exact) mass is 291 g/mol. The molecule has 0 N–H and O–H groups in total. The molecule has 0 aliphatic rings. The fourth-order valence-electron chi connectivity index (χ4n) is 1.69. The van der Waals surface area contributed by atoms with E-state index in [4.69, 9.17) is 9.69 Å². The van der Waals surface area contributed by atoms with Gasteiger partial charge in [-0.1, -0.05) is 26.8 Å². The molecule has 0 fully saturated rings. The Bertz CT molecular complexity index is 532. The Kier molecular flexibility index (Phi) is 5.17. The summed E-state index contributed by atoms with van der Waals surface area (Å²) in [7, 11) is -0.137. The van der Waals surface area contributed by atoms with Crippen LogP contribution in [0.5, 0.6) is 0 Å². The number of benzene rings is 1. The smallest absolute Gasteiger partial charge is 0.191 e. The van der Waals surface area contributed by atoms with Gasteiger partial charge < -0.3 is 4.43 Å². The number of hydrogen-bond acceptors (Lipinski definition) is 2. The fourth-order valence-corrected chi connectivity index (χ4v) is 2.73. The summed E-state index contributed by atoms with van der Waals surface area (Å²) >= 11 is 0. The van der Waals surface area contributed by atoms with Gasteiger partial charge in [-0.2, -0.15) is 5.26 Å². The van der Waals surface area contributed by atoms with Gasteiger partial charge in [-0.05, 0) is 41.6 Å². The summed E-state index contributed by atoms with van der Waals surface area (Å²) in [6, 6.07) is 5.37. The second-order valence-corrected chi connectivity index (χ2v) is 11.5. The van der Waals surface area contributed by atoms with E-state index in [9.17, 15) is 4.39 Å². The lowest BCUT2D eigenvalue weighted by molar-refractivity contribution is 0.290. The molecule has 0 amide bonds. The molecule has 1 aromatic rings. The molecule has 0 radical (unpaired) electrons. The number of halogens is 1. The average molecular weight is 291 g/mol. The minimum absolute atomic E-state index is 0.159. The third kappa shape index (κ3) is 3.71.